The van der Waals surface area contributed by atoms with Gasteiger partial charge < -0.3 is 9.84 Å². The monoisotopic (exact) mass is 246 g/mol. The highest BCUT2D eigenvalue weighted by atomic mass is 16.5. The van der Waals surface area contributed by atoms with Gasteiger partial charge in [0.15, 0.2) is 0 Å². The highest BCUT2D eigenvalue weighted by molar-refractivity contribution is 5.88. The topological polar surface area (TPSA) is 64.3 Å². The first-order valence-corrected chi connectivity index (χ1v) is 5.66. The van der Waals surface area contributed by atoms with Crippen LogP contribution in [0.2, 0.25) is 0 Å². The highest BCUT2D eigenvalue weighted by Gasteiger charge is 2.09. The van der Waals surface area contributed by atoms with Crippen molar-refractivity contribution >= 4 is 5.97 Å². The molecule has 0 bridgehead atoms. The van der Waals surface area contributed by atoms with Gasteiger partial charge in [0.05, 0.1) is 24.9 Å². The second-order valence-electron chi connectivity index (χ2n) is 3.82. The third-order valence-electron chi connectivity index (χ3n) is 2.40. The third kappa shape index (κ3) is 2.88. The Morgan fingerprint density at radius 3 is 3.06 bits per heavy atom. The van der Waals surface area contributed by atoms with E-state index in [4.69, 9.17) is 4.74 Å². The molecule has 0 amide bonds. The van der Waals surface area contributed by atoms with Crippen LogP contribution in [-0.4, -0.2) is 27.5 Å². The summed E-state index contributed by atoms with van der Waals surface area (Å²) in [5.74, 6) is -0.162. The molecule has 1 aromatic heterocycles. The third-order valence-corrected chi connectivity index (χ3v) is 2.40. The molecule has 0 unspecified atom stereocenters. The summed E-state index contributed by atoms with van der Waals surface area (Å²) in [5, 5.41) is 13.4. The maximum atomic E-state index is 11.4. The largest absolute Gasteiger partial charge is 0.508 e. The number of hydrogen-bond acceptors (Lipinski definition) is 4. The number of hydrogen-bond donors (Lipinski definition) is 1. The van der Waals surface area contributed by atoms with Gasteiger partial charge in [0.1, 0.15) is 5.75 Å². The summed E-state index contributed by atoms with van der Waals surface area (Å²) < 4.78 is 6.50. The Balaban J connectivity index is 2.09. The van der Waals surface area contributed by atoms with E-state index in [1.54, 1.807) is 36.0 Å². The fourth-order valence-electron chi connectivity index (χ4n) is 1.61. The van der Waals surface area contributed by atoms with Crippen LogP contribution in [0.25, 0.3) is 0 Å². The van der Waals surface area contributed by atoms with Gasteiger partial charge in [-0.25, -0.2) is 4.79 Å². The predicted molar refractivity (Wildman–Crippen MR) is 65.4 cm³/mol. The van der Waals surface area contributed by atoms with E-state index in [-0.39, 0.29) is 11.7 Å². The maximum absolute atomic E-state index is 11.4. The molecule has 0 aliphatic heterocycles. The summed E-state index contributed by atoms with van der Waals surface area (Å²) in [5.41, 5.74) is 1.34. The Morgan fingerprint density at radius 1 is 1.50 bits per heavy atom. The average Bonchev–Trinajstić information content (AvgIpc) is 2.78. The van der Waals surface area contributed by atoms with E-state index in [0.717, 1.165) is 5.56 Å². The number of aromatic hydroxyl groups is 1. The molecule has 1 heterocycles. The van der Waals surface area contributed by atoms with Gasteiger partial charge in [0.2, 0.25) is 0 Å². The van der Waals surface area contributed by atoms with Gasteiger partial charge in [-0.2, -0.15) is 5.10 Å². The van der Waals surface area contributed by atoms with E-state index in [9.17, 15) is 9.90 Å². The molecule has 0 aliphatic carbocycles. The maximum Gasteiger partial charge on any atom is 0.341 e. The molecule has 2 rings (SSSR count). The first kappa shape index (κ1) is 12.2. The molecular weight excluding hydrogens is 232 g/mol. The van der Waals surface area contributed by atoms with Gasteiger partial charge >= 0.3 is 5.97 Å². The number of esters is 1. The molecule has 1 N–H and O–H groups in total. The van der Waals surface area contributed by atoms with E-state index in [0.29, 0.717) is 18.7 Å². The van der Waals surface area contributed by atoms with Crippen molar-refractivity contribution < 1.29 is 14.6 Å². The first-order valence-electron chi connectivity index (χ1n) is 5.66. The van der Waals surface area contributed by atoms with Crippen LogP contribution in [0.15, 0.2) is 36.7 Å². The lowest BCUT2D eigenvalue weighted by Crippen LogP contribution is -2.04. The molecule has 5 heteroatoms. The molecule has 0 aliphatic rings. The molecule has 94 valence electrons. The van der Waals surface area contributed by atoms with Crippen molar-refractivity contribution in [1.82, 2.24) is 9.78 Å². The van der Waals surface area contributed by atoms with E-state index in [1.807, 2.05) is 6.07 Å². The molecule has 0 saturated carbocycles. The molecule has 0 fully saturated rings. The molecule has 5 nitrogen and oxygen atoms in total. The summed E-state index contributed by atoms with van der Waals surface area (Å²) in [4.78, 5) is 11.4. The second kappa shape index (κ2) is 5.35. The fourth-order valence-corrected chi connectivity index (χ4v) is 1.61. The molecular formula is C13H14N2O3. The Kier molecular flexibility index (Phi) is 3.62. The van der Waals surface area contributed by atoms with Crippen LogP contribution in [0.4, 0.5) is 0 Å². The average molecular weight is 246 g/mol. The smallest absolute Gasteiger partial charge is 0.341 e. The zero-order valence-electron chi connectivity index (χ0n) is 10.0. The summed E-state index contributed by atoms with van der Waals surface area (Å²) >= 11 is 0. The molecule has 18 heavy (non-hydrogen) atoms. The van der Waals surface area contributed by atoms with Gasteiger partial charge in [-0.15, -0.1) is 0 Å². The van der Waals surface area contributed by atoms with Crippen LogP contribution in [0.3, 0.4) is 0 Å². The Morgan fingerprint density at radius 2 is 2.33 bits per heavy atom. The molecule has 2 aromatic rings. The quantitative estimate of drug-likeness (QED) is 0.836. The van der Waals surface area contributed by atoms with E-state index in [1.165, 1.54) is 6.20 Å². The normalized spacial score (nSPS) is 10.3. The molecule has 0 atom stereocenters. The zero-order valence-corrected chi connectivity index (χ0v) is 10.0. The minimum absolute atomic E-state index is 0.213. The second-order valence-corrected chi connectivity index (χ2v) is 3.82. The van der Waals surface area contributed by atoms with E-state index < -0.39 is 0 Å². The summed E-state index contributed by atoms with van der Waals surface area (Å²) in [6.07, 6.45) is 3.10. The minimum Gasteiger partial charge on any atom is -0.508 e. The number of rotatable bonds is 4. The number of phenolic OH excluding ortho intramolecular Hbond substituents is 1. The minimum atomic E-state index is -0.375. The van der Waals surface area contributed by atoms with Gasteiger partial charge in [-0.3, -0.25) is 4.68 Å². The molecule has 0 radical (unpaired) electrons. The van der Waals surface area contributed by atoms with Crippen molar-refractivity contribution in [1.29, 1.82) is 0 Å². The number of phenols is 1. The fraction of sp³-hybridized carbons (Fsp3) is 0.231. The van der Waals surface area contributed by atoms with Gasteiger partial charge in [0.25, 0.3) is 0 Å². The Labute approximate surface area is 105 Å². The lowest BCUT2D eigenvalue weighted by atomic mass is 10.2. The van der Waals surface area contributed by atoms with E-state index >= 15 is 0 Å². The first-order chi connectivity index (χ1) is 8.69. The number of nitrogens with zero attached hydrogens (tertiary/aromatic N) is 2. The van der Waals surface area contributed by atoms with Crippen molar-refractivity contribution in [2.75, 3.05) is 6.61 Å². The van der Waals surface area contributed by atoms with Gasteiger partial charge in [-0.05, 0) is 24.6 Å². The van der Waals surface area contributed by atoms with Gasteiger partial charge in [0, 0.05) is 6.20 Å². The molecule has 0 spiro atoms. The van der Waals surface area contributed by atoms with Crippen LogP contribution >= 0.6 is 0 Å². The highest BCUT2D eigenvalue weighted by Crippen LogP contribution is 2.12. The summed E-state index contributed by atoms with van der Waals surface area (Å²) in [7, 11) is 0. The van der Waals surface area contributed by atoms with Crippen LogP contribution in [-0.2, 0) is 11.3 Å². The zero-order chi connectivity index (χ0) is 13.0. The lowest BCUT2D eigenvalue weighted by Gasteiger charge is -2.02. The Bertz CT molecular complexity index is 549. The van der Waals surface area contributed by atoms with Crippen molar-refractivity contribution in [3.8, 4) is 5.75 Å². The van der Waals surface area contributed by atoms with Crippen molar-refractivity contribution in [3.63, 3.8) is 0 Å². The SMILES string of the molecule is CCOC(=O)c1cnn(Cc2cccc(O)c2)c1. The summed E-state index contributed by atoms with van der Waals surface area (Å²) in [6, 6.07) is 6.91. The standard InChI is InChI=1S/C13H14N2O3/c1-2-18-13(17)11-7-14-15(9-11)8-10-4-3-5-12(16)6-10/h3-7,9,16H,2,8H2,1H3. The number of ether oxygens (including phenoxy) is 1. The van der Waals surface area contributed by atoms with Crippen LogP contribution < -0.4 is 0 Å². The summed E-state index contributed by atoms with van der Waals surface area (Å²) in [6.45, 7) is 2.60. The number of aromatic nitrogens is 2. The Hall–Kier alpha value is -2.30. The van der Waals surface area contributed by atoms with Crippen molar-refractivity contribution in [3.05, 3.63) is 47.8 Å². The predicted octanol–water partition coefficient (Wildman–Crippen LogP) is 1.81. The van der Waals surface area contributed by atoms with Crippen LogP contribution in [0.1, 0.15) is 22.8 Å². The van der Waals surface area contributed by atoms with Gasteiger partial charge in [-0.1, -0.05) is 12.1 Å². The van der Waals surface area contributed by atoms with Crippen molar-refractivity contribution in [2.45, 2.75) is 13.5 Å². The number of benzene rings is 1. The van der Waals surface area contributed by atoms with Crippen LogP contribution in [0, 0.1) is 0 Å². The molecule has 1 aromatic carbocycles. The van der Waals surface area contributed by atoms with Crippen molar-refractivity contribution in [2.24, 2.45) is 0 Å². The van der Waals surface area contributed by atoms with Crippen LogP contribution in [0.5, 0.6) is 5.75 Å². The number of carbonyl (C=O) groups is 1. The number of carbonyl (C=O) groups excluding carboxylic acids is 1. The van der Waals surface area contributed by atoms with E-state index in [2.05, 4.69) is 5.10 Å². The molecule has 0 saturated heterocycles. The lowest BCUT2D eigenvalue weighted by molar-refractivity contribution is 0.0526.